The highest BCUT2D eigenvalue weighted by Gasteiger charge is 2.24. The second-order valence-corrected chi connectivity index (χ2v) is 6.62. The third kappa shape index (κ3) is 7.02. The first-order chi connectivity index (χ1) is 13.5. The van der Waals surface area contributed by atoms with E-state index in [4.69, 9.17) is 16.2 Å². The second-order valence-electron chi connectivity index (χ2n) is 6.62. The third-order valence-electron chi connectivity index (χ3n) is 4.36. The van der Waals surface area contributed by atoms with Crippen LogP contribution in [-0.2, 0) is 16.1 Å². The molecule has 28 heavy (non-hydrogen) atoms. The van der Waals surface area contributed by atoms with Gasteiger partial charge in [-0.15, -0.1) is 0 Å². The normalized spacial score (nSPS) is 11.7. The number of urea groups is 1. The molecule has 150 valence electrons. The van der Waals surface area contributed by atoms with E-state index < -0.39 is 18.1 Å². The van der Waals surface area contributed by atoms with Crippen LogP contribution in [0.5, 0.6) is 0 Å². The van der Waals surface area contributed by atoms with Crippen LogP contribution in [0.2, 0.25) is 0 Å². The first kappa shape index (κ1) is 21.4. The molecular formula is C21H28N4O3. The summed E-state index contributed by atoms with van der Waals surface area (Å²) >= 11 is 0. The average Bonchev–Trinajstić information content (AvgIpc) is 2.68. The highest BCUT2D eigenvalue weighted by Crippen LogP contribution is 2.14. The van der Waals surface area contributed by atoms with Gasteiger partial charge >= 0.3 is 12.0 Å². The van der Waals surface area contributed by atoms with Crippen molar-refractivity contribution >= 4 is 17.7 Å². The lowest BCUT2D eigenvalue weighted by molar-refractivity contribution is -0.150. The Labute approximate surface area is 165 Å². The van der Waals surface area contributed by atoms with Crippen LogP contribution in [0, 0.1) is 12.8 Å². The molecule has 0 heterocycles. The molecule has 0 saturated carbocycles. The predicted molar refractivity (Wildman–Crippen MR) is 109 cm³/mol. The maximum Gasteiger partial charge on any atom is 0.319 e. The van der Waals surface area contributed by atoms with E-state index in [1.54, 1.807) is 0 Å². The molecule has 0 fully saturated rings. The summed E-state index contributed by atoms with van der Waals surface area (Å²) < 4.78 is 5.32. The number of aryl methyl sites for hydroxylation is 1. The fraction of sp³-hybridized carbons (Fsp3) is 0.333. The number of nitrogens with one attached hydrogen (secondary N) is 2. The van der Waals surface area contributed by atoms with Gasteiger partial charge in [0, 0.05) is 12.2 Å². The number of ether oxygens (including phenoxy) is 1. The minimum Gasteiger partial charge on any atom is -0.461 e. The van der Waals surface area contributed by atoms with Crippen molar-refractivity contribution in [2.75, 3.05) is 11.9 Å². The maximum atomic E-state index is 12.3. The molecule has 2 amide bonds. The number of carbonyl (C=O) groups excluding carboxylic acids is 2. The Hall–Kier alpha value is -2.90. The molecule has 0 aromatic heterocycles. The van der Waals surface area contributed by atoms with Crippen molar-refractivity contribution in [1.82, 2.24) is 5.32 Å². The fourth-order valence-electron chi connectivity index (χ4n) is 2.71. The lowest BCUT2D eigenvalue weighted by Crippen LogP contribution is -2.43. The van der Waals surface area contributed by atoms with Gasteiger partial charge in [0.2, 0.25) is 0 Å². The molecule has 2 rings (SSSR count). The Balaban J connectivity index is 1.73. The maximum absolute atomic E-state index is 12.3. The molecule has 0 aliphatic heterocycles. The summed E-state index contributed by atoms with van der Waals surface area (Å²) in [5.41, 5.74) is 14.1. The molecular weight excluding hydrogens is 356 g/mol. The van der Waals surface area contributed by atoms with Gasteiger partial charge in [-0.2, -0.15) is 0 Å². The number of esters is 1. The molecule has 0 unspecified atom stereocenters. The van der Waals surface area contributed by atoms with E-state index >= 15 is 0 Å². The van der Waals surface area contributed by atoms with Gasteiger partial charge in [-0.25, -0.2) is 4.79 Å². The van der Waals surface area contributed by atoms with E-state index in [2.05, 4.69) is 10.6 Å². The minimum atomic E-state index is -0.816. The topological polar surface area (TPSA) is 119 Å². The van der Waals surface area contributed by atoms with Gasteiger partial charge in [0.15, 0.2) is 0 Å². The van der Waals surface area contributed by atoms with Crippen molar-refractivity contribution in [3.05, 3.63) is 65.7 Å². The largest absolute Gasteiger partial charge is 0.461 e. The standard InChI is InChI=1S/C21H28N4O3/c1-15-8-5-6-12-18(15)25-21(27)24-13-7-11-17(19(22)23)20(26)28-14-16-9-3-2-4-10-16/h2-6,8-10,12,17,19H,7,11,13-14,22-23H2,1H3,(H2,24,25,27)/t17-/m1/s1. The van der Waals surface area contributed by atoms with Crippen LogP contribution in [0.4, 0.5) is 10.5 Å². The number of nitrogens with two attached hydrogens (primary N) is 2. The number of carbonyl (C=O) groups is 2. The van der Waals surface area contributed by atoms with Gasteiger partial charge in [-0.05, 0) is 37.0 Å². The molecule has 0 saturated heterocycles. The van der Waals surface area contributed by atoms with E-state index in [9.17, 15) is 9.59 Å². The molecule has 2 aromatic rings. The fourth-order valence-corrected chi connectivity index (χ4v) is 2.71. The van der Waals surface area contributed by atoms with Crippen molar-refractivity contribution in [3.8, 4) is 0 Å². The number of hydrogen-bond donors (Lipinski definition) is 4. The van der Waals surface area contributed by atoms with Gasteiger partial charge in [0.1, 0.15) is 6.61 Å². The monoisotopic (exact) mass is 384 g/mol. The van der Waals surface area contributed by atoms with E-state index in [0.29, 0.717) is 19.4 Å². The Morgan fingerprint density at radius 1 is 1.04 bits per heavy atom. The number of anilines is 1. The number of amides is 2. The van der Waals surface area contributed by atoms with E-state index in [1.165, 1.54) is 0 Å². The van der Waals surface area contributed by atoms with Gasteiger partial charge in [-0.3, -0.25) is 4.79 Å². The van der Waals surface area contributed by atoms with Crippen LogP contribution in [0.25, 0.3) is 0 Å². The Kier molecular flexibility index (Phi) is 8.45. The van der Waals surface area contributed by atoms with Crippen LogP contribution in [-0.4, -0.2) is 24.7 Å². The molecule has 1 atom stereocenters. The lowest BCUT2D eigenvalue weighted by Gasteiger charge is -2.19. The van der Waals surface area contributed by atoms with Gasteiger partial charge in [0.05, 0.1) is 12.1 Å². The quantitative estimate of drug-likeness (QED) is 0.301. The Morgan fingerprint density at radius 2 is 1.71 bits per heavy atom. The first-order valence-corrected chi connectivity index (χ1v) is 9.29. The zero-order valence-electron chi connectivity index (χ0n) is 16.1. The summed E-state index contributed by atoms with van der Waals surface area (Å²) in [6.45, 7) is 2.50. The predicted octanol–water partition coefficient (Wildman–Crippen LogP) is 2.50. The molecule has 0 bridgehead atoms. The van der Waals surface area contributed by atoms with Crippen LogP contribution in [0.3, 0.4) is 0 Å². The SMILES string of the molecule is Cc1ccccc1NC(=O)NCCC[C@@H](C(=O)OCc1ccccc1)C(N)N. The molecule has 0 aliphatic carbocycles. The molecule has 0 aliphatic rings. The molecule has 2 aromatic carbocycles. The molecule has 7 heteroatoms. The summed E-state index contributed by atoms with van der Waals surface area (Å²) in [6, 6.07) is 16.6. The molecule has 7 nitrogen and oxygen atoms in total. The van der Waals surface area contributed by atoms with E-state index in [1.807, 2.05) is 61.5 Å². The third-order valence-corrected chi connectivity index (χ3v) is 4.36. The molecule has 0 spiro atoms. The summed E-state index contributed by atoms with van der Waals surface area (Å²) in [4.78, 5) is 24.3. The van der Waals surface area contributed by atoms with Crippen LogP contribution in [0.15, 0.2) is 54.6 Å². The lowest BCUT2D eigenvalue weighted by atomic mass is 10.0. The Morgan fingerprint density at radius 3 is 2.39 bits per heavy atom. The van der Waals surface area contributed by atoms with Crippen LogP contribution >= 0.6 is 0 Å². The number of rotatable bonds is 9. The smallest absolute Gasteiger partial charge is 0.319 e. The van der Waals surface area contributed by atoms with Crippen molar-refractivity contribution < 1.29 is 14.3 Å². The van der Waals surface area contributed by atoms with Crippen LogP contribution in [0.1, 0.15) is 24.0 Å². The zero-order valence-corrected chi connectivity index (χ0v) is 16.1. The van der Waals surface area contributed by atoms with Gasteiger partial charge in [-0.1, -0.05) is 48.5 Å². The van der Waals surface area contributed by atoms with Gasteiger partial charge < -0.3 is 26.8 Å². The molecule has 0 radical (unpaired) electrons. The minimum absolute atomic E-state index is 0.181. The number of benzene rings is 2. The van der Waals surface area contributed by atoms with Crippen LogP contribution < -0.4 is 22.1 Å². The van der Waals surface area contributed by atoms with Gasteiger partial charge in [0.25, 0.3) is 0 Å². The highest BCUT2D eigenvalue weighted by molar-refractivity contribution is 5.89. The molecule has 6 N–H and O–H groups in total. The zero-order chi connectivity index (χ0) is 20.4. The van der Waals surface area contributed by atoms with Crippen molar-refractivity contribution in [2.24, 2.45) is 17.4 Å². The van der Waals surface area contributed by atoms with Crippen molar-refractivity contribution in [1.29, 1.82) is 0 Å². The summed E-state index contributed by atoms with van der Waals surface area (Å²) in [6.07, 6.45) is 0.164. The first-order valence-electron chi connectivity index (χ1n) is 9.29. The van der Waals surface area contributed by atoms with Crippen molar-refractivity contribution in [2.45, 2.75) is 32.5 Å². The summed E-state index contributed by atoms with van der Waals surface area (Å²) in [5, 5.41) is 5.56. The second kappa shape index (κ2) is 11.1. The van der Waals surface area contributed by atoms with E-state index in [0.717, 1.165) is 16.8 Å². The Bertz CT molecular complexity index is 765. The average molecular weight is 384 g/mol. The number of para-hydroxylation sites is 1. The summed E-state index contributed by atoms with van der Waals surface area (Å²) in [7, 11) is 0. The van der Waals surface area contributed by atoms with Crippen molar-refractivity contribution in [3.63, 3.8) is 0 Å². The van der Waals surface area contributed by atoms with E-state index in [-0.39, 0.29) is 12.6 Å². The number of hydrogen-bond acceptors (Lipinski definition) is 5. The summed E-state index contributed by atoms with van der Waals surface area (Å²) in [5.74, 6) is -1.05. The highest BCUT2D eigenvalue weighted by atomic mass is 16.5.